The molecule has 3 aliphatic heterocycles. The third-order valence-electron chi connectivity index (χ3n) is 17.4. The predicted molar refractivity (Wildman–Crippen MR) is 378 cm³/mol. The van der Waals surface area contributed by atoms with E-state index in [2.05, 4.69) is 0 Å². The molecule has 0 saturated carbocycles. The van der Waals surface area contributed by atoms with Crippen molar-refractivity contribution >= 4 is 59.7 Å². The maximum absolute atomic E-state index is 14.9. The van der Waals surface area contributed by atoms with Gasteiger partial charge in [-0.25, -0.2) is 43.2 Å². The molecule has 0 amide bonds. The molecule has 0 unspecified atom stereocenters. The van der Waals surface area contributed by atoms with E-state index in [0.717, 1.165) is 6.92 Å². The first-order chi connectivity index (χ1) is 53.0. The molecule has 0 bridgehead atoms. The molecule has 3 heterocycles. The Morgan fingerprint density at radius 1 is 0.248 bits per heavy atom. The molecule has 26 heteroatoms. The van der Waals surface area contributed by atoms with Crippen LogP contribution in [0.15, 0.2) is 273 Å². The van der Waals surface area contributed by atoms with Crippen LogP contribution in [0.1, 0.15) is 100 Å². The summed E-state index contributed by atoms with van der Waals surface area (Å²) in [5.74, 6) is -10.4. The van der Waals surface area contributed by atoms with Crippen LogP contribution in [0.3, 0.4) is 0 Å². The number of hydrogen-bond donors (Lipinski definition) is 1. The van der Waals surface area contributed by atoms with Crippen LogP contribution in [0, 0.1) is 0 Å². The molecule has 9 aromatic rings. The average Bonchev–Trinajstić information content (AvgIpc) is 0.779. The highest BCUT2D eigenvalue weighted by atomic mass is 16.8. The summed E-state index contributed by atoms with van der Waals surface area (Å²) in [6.07, 6.45) is -29.6. The normalized spacial score (nSPS) is 23.5. The highest BCUT2D eigenvalue weighted by molar-refractivity contribution is 5.94. The predicted octanol–water partition coefficient (Wildman–Crippen LogP) is 9.78. The molecular formula is C83H70O26. The molecule has 9 aromatic carbocycles. The van der Waals surface area contributed by atoms with Gasteiger partial charge < -0.3 is 76.2 Å². The summed E-state index contributed by atoms with van der Waals surface area (Å²) in [6.45, 7) is -1.71. The SMILES string of the molecule is CC(=O)O[C@@H]1[C@@H](OC[C@H]2O[C@H](OC[C@H]3O[C@H](O)[C@@H](OC(=O)c4ccccc4)[C@@H](OC(=O)c4ccccc4)[C@@H]3OC(=O)c3ccccc3)[C@@H](OC(=O)c3ccccc3)[C@@H](OC(=O)c3ccccc3)[C@@H]2OC(=O)c2ccccc2)O[C@H](COC(=O)c2ccccc2)[C@@H](OC(=O)c2ccccc2)[C@@H]1OC(=O)c1ccccc1. The largest absolute Gasteiger partial charge is 0.459 e. The molecule has 558 valence electrons. The van der Waals surface area contributed by atoms with Gasteiger partial charge in [0.25, 0.3) is 0 Å². The summed E-state index contributed by atoms with van der Waals surface area (Å²) in [4.78, 5) is 144. The lowest BCUT2D eigenvalue weighted by Gasteiger charge is -2.47. The Morgan fingerprint density at radius 3 is 0.716 bits per heavy atom. The Kier molecular flexibility index (Phi) is 25.6. The van der Waals surface area contributed by atoms with Crippen molar-refractivity contribution in [2.24, 2.45) is 0 Å². The van der Waals surface area contributed by atoms with E-state index >= 15 is 0 Å². The summed E-state index contributed by atoms with van der Waals surface area (Å²) < 4.78 is 94.7. The number of esters is 10. The maximum Gasteiger partial charge on any atom is 0.338 e. The van der Waals surface area contributed by atoms with Gasteiger partial charge in [-0.3, -0.25) is 4.79 Å². The van der Waals surface area contributed by atoms with Gasteiger partial charge in [-0.1, -0.05) is 164 Å². The third-order valence-corrected chi connectivity index (χ3v) is 17.4. The van der Waals surface area contributed by atoms with E-state index in [1.807, 2.05) is 0 Å². The summed E-state index contributed by atoms with van der Waals surface area (Å²) >= 11 is 0. The Morgan fingerprint density at radius 2 is 0.450 bits per heavy atom. The first kappa shape index (κ1) is 76.1. The van der Waals surface area contributed by atoms with Gasteiger partial charge in [-0.2, -0.15) is 0 Å². The zero-order chi connectivity index (χ0) is 76.2. The Hall–Kier alpha value is -12.6. The number of aliphatic hydroxyl groups is 1. The van der Waals surface area contributed by atoms with Crippen LogP contribution in [-0.4, -0.2) is 177 Å². The molecule has 15 atom stereocenters. The molecule has 1 N–H and O–H groups in total. The van der Waals surface area contributed by atoms with E-state index in [9.17, 15) is 53.1 Å². The molecular weight excluding hydrogens is 1410 g/mol. The van der Waals surface area contributed by atoms with Crippen LogP contribution in [0.25, 0.3) is 0 Å². The minimum atomic E-state index is -2.24. The van der Waals surface area contributed by atoms with Crippen LogP contribution in [0.4, 0.5) is 0 Å². The number of hydrogen-bond acceptors (Lipinski definition) is 26. The van der Waals surface area contributed by atoms with Crippen LogP contribution >= 0.6 is 0 Å². The summed E-state index contributed by atoms with van der Waals surface area (Å²) in [6, 6.07) is 68.0. The molecule has 0 radical (unpaired) electrons. The molecule has 3 aliphatic rings. The first-order valence-corrected chi connectivity index (χ1v) is 34.4. The van der Waals surface area contributed by atoms with Crippen molar-refractivity contribution in [2.75, 3.05) is 19.8 Å². The van der Waals surface area contributed by atoms with Gasteiger partial charge in [0.15, 0.2) is 73.8 Å². The van der Waals surface area contributed by atoms with Crippen LogP contribution < -0.4 is 0 Å². The number of aliphatic hydroxyl groups excluding tert-OH is 1. The number of carbonyl (C=O) groups excluding carboxylic acids is 10. The second-order valence-corrected chi connectivity index (χ2v) is 24.7. The number of rotatable bonds is 26. The van der Waals surface area contributed by atoms with Crippen molar-refractivity contribution in [1.29, 1.82) is 0 Å². The lowest BCUT2D eigenvalue weighted by molar-refractivity contribution is -0.338. The number of ether oxygens (including phenoxy) is 15. The van der Waals surface area contributed by atoms with Crippen molar-refractivity contribution < 1.29 is 124 Å². The van der Waals surface area contributed by atoms with Crippen molar-refractivity contribution in [3.63, 3.8) is 0 Å². The summed E-state index contributed by atoms with van der Waals surface area (Å²) in [5, 5.41) is 12.2. The fourth-order valence-electron chi connectivity index (χ4n) is 12.0. The highest BCUT2D eigenvalue weighted by Gasteiger charge is 2.58. The molecule has 12 rings (SSSR count). The second-order valence-electron chi connectivity index (χ2n) is 24.7. The van der Waals surface area contributed by atoms with E-state index in [1.165, 1.54) is 158 Å². The molecule has 3 saturated heterocycles. The van der Waals surface area contributed by atoms with Gasteiger partial charge in [-0.15, -0.1) is 0 Å². The average molecular weight is 1480 g/mol. The van der Waals surface area contributed by atoms with Crippen molar-refractivity contribution in [1.82, 2.24) is 0 Å². The van der Waals surface area contributed by atoms with Crippen LogP contribution in [-0.2, 0) is 75.8 Å². The standard InChI is InChI=1S/C83H70O26/c1-50(84)98-70-67(106-77(90)56-39-21-7-22-40-56)64(103-74(87)53-33-15-4-16-34-53)61(47-95-72(85)51-29-11-2-12-30-51)100-82(70)97-49-62-65(104-75(88)54-35-17-5-18-36-54)68(107-78(91)57-41-23-8-24-42-57)71(109-80(93)59-45-27-10-28-46-59)83(101-62)96-48-60-63(102-73(86)52-31-13-3-14-32-52)66(105-76(89)55-37-19-6-20-38-55)69(81(94)99-60)108-79(92)58-43-25-9-26-44-58/h2-46,60-71,81-83,94H,47-49H2,1H3/t60-,61-,62-,63-,64-,65-,66+,67+,68+,69+,70+,71+,81+,82+,83+/m1/s1. The van der Waals surface area contributed by atoms with Gasteiger partial charge >= 0.3 is 59.7 Å². The summed E-state index contributed by atoms with van der Waals surface area (Å²) in [7, 11) is 0. The zero-order valence-electron chi connectivity index (χ0n) is 57.9. The van der Waals surface area contributed by atoms with E-state index in [0.29, 0.717) is 0 Å². The Bertz CT molecular complexity index is 4570. The first-order valence-electron chi connectivity index (χ1n) is 34.4. The topological polar surface area (TPSA) is 329 Å². The summed E-state index contributed by atoms with van der Waals surface area (Å²) in [5.41, 5.74) is -0.232. The monoisotopic (exact) mass is 1480 g/mol. The molecule has 0 aromatic heterocycles. The van der Waals surface area contributed by atoms with Gasteiger partial charge in [0.2, 0.25) is 0 Å². The quantitative estimate of drug-likeness (QED) is 0.0389. The van der Waals surface area contributed by atoms with E-state index in [-0.39, 0.29) is 50.1 Å². The van der Waals surface area contributed by atoms with Gasteiger partial charge in [-0.05, 0) is 109 Å². The van der Waals surface area contributed by atoms with Crippen molar-refractivity contribution in [3.8, 4) is 0 Å². The minimum Gasteiger partial charge on any atom is -0.459 e. The Balaban J connectivity index is 0.969. The lowest BCUT2D eigenvalue weighted by atomic mass is 9.96. The molecule has 0 aliphatic carbocycles. The maximum atomic E-state index is 14.9. The van der Waals surface area contributed by atoms with Gasteiger partial charge in [0.1, 0.15) is 24.9 Å². The molecule has 109 heavy (non-hydrogen) atoms. The van der Waals surface area contributed by atoms with Crippen LogP contribution in [0.5, 0.6) is 0 Å². The number of carbonyl (C=O) groups is 10. The highest BCUT2D eigenvalue weighted by Crippen LogP contribution is 2.37. The fraction of sp³-hybridized carbons (Fsp3) is 0.229. The van der Waals surface area contributed by atoms with Crippen LogP contribution in [0.2, 0.25) is 0 Å². The number of benzene rings is 9. The smallest absolute Gasteiger partial charge is 0.338 e. The molecule has 3 fully saturated rings. The van der Waals surface area contributed by atoms with Crippen molar-refractivity contribution in [3.05, 3.63) is 323 Å². The Labute approximate surface area is 623 Å². The van der Waals surface area contributed by atoms with Gasteiger partial charge in [0, 0.05) is 6.92 Å². The minimum absolute atomic E-state index is 0.00505. The lowest BCUT2D eigenvalue weighted by Crippen LogP contribution is -2.66. The molecule has 0 spiro atoms. The molecule has 26 nitrogen and oxygen atoms in total. The van der Waals surface area contributed by atoms with E-state index in [4.69, 9.17) is 71.1 Å². The van der Waals surface area contributed by atoms with E-state index < -0.39 is 172 Å². The zero-order valence-corrected chi connectivity index (χ0v) is 57.9. The van der Waals surface area contributed by atoms with E-state index in [1.54, 1.807) is 115 Å². The fourth-order valence-corrected chi connectivity index (χ4v) is 12.0. The third kappa shape index (κ3) is 19.6. The van der Waals surface area contributed by atoms with Crippen molar-refractivity contribution in [2.45, 2.75) is 99.0 Å². The second kappa shape index (κ2) is 36.6. The van der Waals surface area contributed by atoms with Gasteiger partial charge in [0.05, 0.1) is 63.3 Å².